The van der Waals surface area contributed by atoms with Crippen molar-refractivity contribution < 1.29 is 9.59 Å². The third kappa shape index (κ3) is 2.03. The van der Waals surface area contributed by atoms with Crippen LogP contribution in [0, 0.1) is 0 Å². The Labute approximate surface area is 112 Å². The number of hydrogen-bond acceptors (Lipinski definition) is 3. The van der Waals surface area contributed by atoms with Gasteiger partial charge in [0.1, 0.15) is 0 Å². The van der Waals surface area contributed by atoms with Crippen LogP contribution in [0.1, 0.15) is 30.1 Å². The number of nitrogens with one attached hydrogen (secondary N) is 1. The zero-order valence-electron chi connectivity index (χ0n) is 10.8. The van der Waals surface area contributed by atoms with E-state index in [1.165, 1.54) is 6.92 Å². The molecule has 0 aliphatic carbocycles. The number of hydrogen-bond donors (Lipinski definition) is 1. The first-order valence-electron chi connectivity index (χ1n) is 6.56. The number of para-hydroxylation sites is 1. The van der Waals surface area contributed by atoms with E-state index in [-0.39, 0.29) is 17.7 Å². The van der Waals surface area contributed by atoms with E-state index in [4.69, 9.17) is 0 Å². The molecule has 1 atom stereocenters. The highest BCUT2D eigenvalue weighted by Crippen LogP contribution is 2.32. The fraction of sp³-hybridized carbons (Fsp3) is 0.333. The molecule has 1 N–H and O–H groups in total. The fourth-order valence-electron chi connectivity index (χ4n) is 2.86. The van der Waals surface area contributed by atoms with Gasteiger partial charge in [-0.1, -0.05) is 12.1 Å². The van der Waals surface area contributed by atoms with Gasteiger partial charge in [-0.2, -0.15) is 0 Å². The van der Waals surface area contributed by atoms with Crippen molar-refractivity contribution in [3.63, 3.8) is 0 Å². The second-order valence-corrected chi connectivity index (χ2v) is 5.04. The minimum Gasteiger partial charge on any atom is -0.356 e. The Kier molecular flexibility index (Phi) is 2.85. The first kappa shape index (κ1) is 12.0. The number of rotatable bonds is 1. The molecule has 2 aliphatic rings. The van der Waals surface area contributed by atoms with Crippen LogP contribution in [0.2, 0.25) is 0 Å². The first-order chi connectivity index (χ1) is 9.16. The van der Waals surface area contributed by atoms with Gasteiger partial charge in [-0.15, -0.1) is 0 Å². The largest absolute Gasteiger partial charge is 0.356 e. The van der Waals surface area contributed by atoms with Crippen molar-refractivity contribution in [3.8, 4) is 0 Å². The Bertz CT molecular complexity index is 577. The Hall–Kier alpha value is -2.10. The minimum atomic E-state index is 0.00109. The van der Waals surface area contributed by atoms with Gasteiger partial charge in [-0.3, -0.25) is 9.59 Å². The van der Waals surface area contributed by atoms with Crippen molar-refractivity contribution in [1.29, 1.82) is 0 Å². The van der Waals surface area contributed by atoms with Crippen molar-refractivity contribution in [3.05, 3.63) is 41.6 Å². The van der Waals surface area contributed by atoms with Crippen LogP contribution in [0.25, 0.3) is 0 Å². The van der Waals surface area contributed by atoms with Gasteiger partial charge in [0.25, 0.3) is 5.91 Å². The highest BCUT2D eigenvalue weighted by molar-refractivity contribution is 6.02. The highest BCUT2D eigenvalue weighted by atomic mass is 16.2. The van der Waals surface area contributed by atoms with E-state index >= 15 is 0 Å². The van der Waals surface area contributed by atoms with Crippen LogP contribution in [0.3, 0.4) is 0 Å². The zero-order chi connectivity index (χ0) is 13.4. The van der Waals surface area contributed by atoms with Crippen molar-refractivity contribution in [2.24, 2.45) is 0 Å². The Morgan fingerprint density at radius 2 is 2.21 bits per heavy atom. The number of nitrogens with zero attached hydrogens (tertiary/aromatic N) is 1. The molecule has 1 fully saturated rings. The molecule has 0 unspecified atom stereocenters. The molecule has 2 heterocycles. The van der Waals surface area contributed by atoms with Gasteiger partial charge < -0.3 is 10.2 Å². The van der Waals surface area contributed by atoms with E-state index in [2.05, 4.69) is 5.32 Å². The van der Waals surface area contributed by atoms with E-state index in [1.807, 2.05) is 29.2 Å². The van der Waals surface area contributed by atoms with Gasteiger partial charge in [0.15, 0.2) is 5.78 Å². The maximum Gasteiger partial charge on any atom is 0.256 e. The second-order valence-electron chi connectivity index (χ2n) is 5.04. The summed E-state index contributed by atoms with van der Waals surface area (Å²) in [6, 6.07) is 7.47. The normalized spacial score (nSPS) is 23.6. The lowest BCUT2D eigenvalue weighted by Crippen LogP contribution is -2.36. The maximum atomic E-state index is 12.5. The zero-order valence-corrected chi connectivity index (χ0v) is 10.8. The average molecular weight is 256 g/mol. The lowest BCUT2D eigenvalue weighted by atomic mass is 10.1. The van der Waals surface area contributed by atoms with Gasteiger partial charge >= 0.3 is 0 Å². The molecule has 19 heavy (non-hydrogen) atoms. The summed E-state index contributed by atoms with van der Waals surface area (Å²) in [4.78, 5) is 25.8. The fourth-order valence-corrected chi connectivity index (χ4v) is 2.86. The molecular weight excluding hydrogens is 240 g/mol. The van der Waals surface area contributed by atoms with Crippen LogP contribution in [-0.4, -0.2) is 29.2 Å². The van der Waals surface area contributed by atoms with Crippen LogP contribution in [0.5, 0.6) is 0 Å². The number of ketones is 1. The van der Waals surface area contributed by atoms with Crippen LogP contribution < -0.4 is 5.32 Å². The van der Waals surface area contributed by atoms with Gasteiger partial charge in [-0.25, -0.2) is 0 Å². The highest BCUT2D eigenvalue weighted by Gasteiger charge is 2.35. The van der Waals surface area contributed by atoms with Gasteiger partial charge in [-0.05, 0) is 31.9 Å². The Morgan fingerprint density at radius 1 is 1.42 bits per heavy atom. The van der Waals surface area contributed by atoms with E-state index in [9.17, 15) is 9.59 Å². The summed E-state index contributed by atoms with van der Waals surface area (Å²) >= 11 is 0. The predicted octanol–water partition coefficient (Wildman–Crippen LogP) is 2.19. The number of carbonyl (C=O) groups excluding carboxylic acids is 2. The molecule has 1 amide bonds. The molecule has 1 aromatic carbocycles. The summed E-state index contributed by atoms with van der Waals surface area (Å²) in [6.07, 6.45) is 3.50. The summed E-state index contributed by atoms with van der Waals surface area (Å²) in [5.41, 5.74) is 2.30. The lowest BCUT2D eigenvalue weighted by molar-refractivity contribution is -0.112. The number of allylic oxidation sites excluding steroid dienone is 1. The molecule has 4 heteroatoms. The Morgan fingerprint density at radius 3 is 3.00 bits per heavy atom. The maximum absolute atomic E-state index is 12.5. The topological polar surface area (TPSA) is 49.4 Å². The summed E-state index contributed by atoms with van der Waals surface area (Å²) in [5, 5.41) is 3.27. The average Bonchev–Trinajstić information content (AvgIpc) is 2.83. The Balaban J connectivity index is 2.11. The molecule has 0 spiro atoms. The monoisotopic (exact) mass is 256 g/mol. The van der Waals surface area contributed by atoms with Gasteiger partial charge in [0.05, 0.1) is 17.3 Å². The van der Waals surface area contributed by atoms with E-state index in [1.54, 1.807) is 6.08 Å². The SMILES string of the molecule is CC(=O)/C=C1\Nc2ccccc2C(=O)N2CCC[C@@H]12. The van der Waals surface area contributed by atoms with Crippen LogP contribution in [0.4, 0.5) is 5.69 Å². The van der Waals surface area contributed by atoms with E-state index in [0.717, 1.165) is 30.8 Å². The molecule has 98 valence electrons. The standard InChI is InChI=1S/C15H16N2O2/c1-10(18)9-13-14-7-4-8-17(14)15(19)11-5-2-3-6-12(11)16-13/h2-3,5-6,9,14,16H,4,7-8H2,1H3/b13-9-/t14-/m0/s1. The number of fused-ring (bicyclic) bond motifs is 2. The van der Waals surface area contributed by atoms with Crippen molar-refractivity contribution >= 4 is 17.4 Å². The predicted molar refractivity (Wildman–Crippen MR) is 72.9 cm³/mol. The van der Waals surface area contributed by atoms with E-state index < -0.39 is 0 Å². The van der Waals surface area contributed by atoms with E-state index in [0.29, 0.717) is 5.56 Å². The molecule has 0 bridgehead atoms. The summed E-state index contributed by atoms with van der Waals surface area (Å²) < 4.78 is 0. The number of anilines is 1. The first-order valence-corrected chi connectivity index (χ1v) is 6.56. The quantitative estimate of drug-likeness (QED) is 0.784. The minimum absolute atomic E-state index is 0.00109. The molecule has 3 rings (SSSR count). The molecule has 1 saturated heterocycles. The van der Waals surface area contributed by atoms with Crippen molar-refractivity contribution in [1.82, 2.24) is 4.90 Å². The number of amides is 1. The van der Waals surface area contributed by atoms with Crippen LogP contribution in [0.15, 0.2) is 36.0 Å². The third-order valence-electron chi connectivity index (χ3n) is 3.67. The molecule has 0 radical (unpaired) electrons. The smallest absolute Gasteiger partial charge is 0.256 e. The molecule has 4 nitrogen and oxygen atoms in total. The second kappa shape index (κ2) is 4.53. The van der Waals surface area contributed by atoms with Gasteiger partial charge in [0.2, 0.25) is 0 Å². The van der Waals surface area contributed by atoms with Crippen molar-refractivity contribution in [2.75, 3.05) is 11.9 Å². The van der Waals surface area contributed by atoms with Gasteiger partial charge in [0, 0.05) is 18.3 Å². The number of benzene rings is 1. The summed E-state index contributed by atoms with van der Waals surface area (Å²) in [6.45, 7) is 2.29. The van der Waals surface area contributed by atoms with Crippen LogP contribution >= 0.6 is 0 Å². The molecular formula is C15H16N2O2. The molecule has 1 aromatic rings. The third-order valence-corrected chi connectivity index (χ3v) is 3.67. The molecule has 0 saturated carbocycles. The van der Waals surface area contributed by atoms with Crippen LogP contribution in [-0.2, 0) is 4.79 Å². The lowest BCUT2D eigenvalue weighted by Gasteiger charge is -2.23. The van der Waals surface area contributed by atoms with Crippen molar-refractivity contribution in [2.45, 2.75) is 25.8 Å². The molecule has 2 aliphatic heterocycles. The summed E-state index contributed by atoms with van der Waals surface area (Å²) in [7, 11) is 0. The molecule has 0 aromatic heterocycles. The number of carbonyl (C=O) groups is 2. The summed E-state index contributed by atoms with van der Waals surface area (Å²) in [5.74, 6) is 0.0544.